The van der Waals surface area contributed by atoms with Gasteiger partial charge in [-0.2, -0.15) is 0 Å². The molecule has 6 heterocycles. The van der Waals surface area contributed by atoms with Crippen LogP contribution in [0.2, 0.25) is 0 Å². The molecule has 2 fully saturated rings. The summed E-state index contributed by atoms with van der Waals surface area (Å²) in [6.07, 6.45) is 5.66. The Kier molecular flexibility index (Phi) is 12.2. The Morgan fingerprint density at radius 3 is 1.48 bits per heavy atom. The van der Waals surface area contributed by atoms with E-state index in [1.807, 2.05) is 111 Å². The van der Waals surface area contributed by atoms with Crippen molar-refractivity contribution in [3.63, 3.8) is 0 Å². The van der Waals surface area contributed by atoms with Crippen molar-refractivity contribution in [1.82, 2.24) is 49.7 Å². The van der Waals surface area contributed by atoms with E-state index in [1.54, 1.807) is 48.4 Å². The van der Waals surface area contributed by atoms with Crippen molar-refractivity contribution in [3.8, 4) is 22.5 Å². The molecule has 10 rings (SSSR count). The summed E-state index contributed by atoms with van der Waals surface area (Å²) in [5.41, 5.74) is 10.2. The van der Waals surface area contributed by atoms with E-state index >= 15 is 0 Å². The van der Waals surface area contributed by atoms with Gasteiger partial charge < -0.3 is 30.0 Å². The first-order chi connectivity index (χ1) is 30.2. The van der Waals surface area contributed by atoms with Gasteiger partial charge in [0.25, 0.3) is 11.8 Å². The third-order valence-corrected chi connectivity index (χ3v) is 11.1. The number of nitrogens with one attached hydrogen (secondary N) is 2. The van der Waals surface area contributed by atoms with Crippen LogP contribution in [0.4, 0.5) is 0 Å². The predicted octanol–water partition coefficient (Wildman–Crippen LogP) is 7.65. The molecule has 0 spiro atoms. The van der Waals surface area contributed by atoms with Gasteiger partial charge in [-0.15, -0.1) is 0 Å². The number of hydrogen-bond donors (Lipinski definition) is 4. The van der Waals surface area contributed by atoms with E-state index < -0.39 is 12.2 Å². The lowest BCUT2D eigenvalue weighted by atomic mass is 9.91. The number of carbonyl (C=O) groups is 2. The second kappa shape index (κ2) is 18.2. The molecule has 0 radical (unpaired) electrons. The van der Waals surface area contributed by atoms with Crippen molar-refractivity contribution in [2.45, 2.75) is 51.7 Å². The summed E-state index contributed by atoms with van der Waals surface area (Å²) in [6, 6.07) is 30.6. The van der Waals surface area contributed by atoms with Crippen molar-refractivity contribution in [1.29, 1.82) is 0 Å². The molecular weight excluding hydrogens is 781 g/mol. The Hall–Kier alpha value is -7.16. The van der Waals surface area contributed by atoms with Crippen LogP contribution in [0, 0.1) is 0 Å². The van der Waals surface area contributed by atoms with E-state index in [-0.39, 0.29) is 23.7 Å². The average Bonchev–Trinajstić information content (AvgIpc) is 3.92. The van der Waals surface area contributed by atoms with Gasteiger partial charge in [0.05, 0.1) is 57.1 Å². The molecule has 2 atom stereocenters. The zero-order chi connectivity index (χ0) is 43.3. The van der Waals surface area contributed by atoms with Gasteiger partial charge in [0.2, 0.25) is 0 Å². The number of hydrogen-bond acceptors (Lipinski definition) is 10. The Morgan fingerprint density at radius 2 is 1.02 bits per heavy atom. The van der Waals surface area contributed by atoms with E-state index in [4.69, 9.17) is 0 Å². The minimum Gasteiger partial charge on any atom is -0.389 e. The van der Waals surface area contributed by atoms with E-state index in [9.17, 15) is 19.8 Å². The monoisotopic (exact) mass is 828 g/mol. The van der Waals surface area contributed by atoms with Gasteiger partial charge in [0, 0.05) is 73.9 Å². The molecule has 4 aromatic carbocycles. The first kappa shape index (κ1) is 41.6. The van der Waals surface area contributed by atoms with Crippen LogP contribution >= 0.6 is 0 Å². The standard InChI is InChI=1S/2C23H21N5O2.C2H6/c1-14(29)15-5-4-6-16(11-15)20-21(25-10-9-24-20)17-12-28(13-17)23(30)22-26-18-7-2-3-8-19(18)27-22;1-14(29)15-6-8-16(9-7-15)20-21(25-11-10-24-20)17-12-28(13-17)23(30)22-26-18-4-2-3-5-19(18)27-22;1-2/h2*2-11,14,17,29H,12-13H2,1H3,(H,26,27);1-2H3. The number of H-pyrrole nitrogens is 2. The highest BCUT2D eigenvalue weighted by atomic mass is 16.3. The van der Waals surface area contributed by atoms with E-state index in [2.05, 4.69) is 39.9 Å². The number of aliphatic hydroxyl groups is 2. The molecule has 4 N–H and O–H groups in total. The van der Waals surface area contributed by atoms with Gasteiger partial charge in [-0.25, -0.2) is 9.97 Å². The Bertz CT molecular complexity index is 2760. The molecule has 0 saturated carbocycles. The van der Waals surface area contributed by atoms with Crippen LogP contribution in [0.5, 0.6) is 0 Å². The number of aromatic amines is 2. The quantitative estimate of drug-likeness (QED) is 0.118. The van der Waals surface area contributed by atoms with Crippen LogP contribution in [0.15, 0.2) is 122 Å². The van der Waals surface area contributed by atoms with Crippen LogP contribution in [-0.2, 0) is 0 Å². The molecule has 62 heavy (non-hydrogen) atoms. The number of amides is 2. The Morgan fingerprint density at radius 1 is 0.565 bits per heavy atom. The number of aromatic nitrogens is 8. The zero-order valence-electron chi connectivity index (χ0n) is 35.0. The first-order valence-electron chi connectivity index (χ1n) is 20.9. The normalized spacial score (nSPS) is 14.8. The first-order valence-corrected chi connectivity index (χ1v) is 20.9. The number of fused-ring (bicyclic) bond motifs is 2. The van der Waals surface area contributed by atoms with Crippen LogP contribution < -0.4 is 0 Å². The van der Waals surface area contributed by atoms with Gasteiger partial charge in [0.1, 0.15) is 0 Å². The molecule has 14 heteroatoms. The molecule has 314 valence electrons. The van der Waals surface area contributed by atoms with Crippen LogP contribution in [0.1, 0.15) is 95.5 Å². The SMILES string of the molecule is CC.CC(O)c1ccc(-c2nccnc2C2CN(C(=O)c3nc4ccccc4[nH]3)C2)cc1.CC(O)c1cccc(-c2nccnc2C2CN(C(=O)c3nc4ccccc4[nH]3)C2)c1. The van der Waals surface area contributed by atoms with Gasteiger partial charge in [-0.05, 0) is 55.3 Å². The van der Waals surface area contributed by atoms with Crippen molar-refractivity contribution < 1.29 is 19.8 Å². The molecule has 14 nitrogen and oxygen atoms in total. The number of nitrogens with zero attached hydrogens (tertiary/aromatic N) is 8. The fourth-order valence-electron chi connectivity index (χ4n) is 7.65. The molecule has 2 unspecified atom stereocenters. The van der Waals surface area contributed by atoms with Crippen molar-refractivity contribution in [3.05, 3.63) is 156 Å². The molecule has 0 aliphatic carbocycles. The van der Waals surface area contributed by atoms with E-state index in [0.717, 1.165) is 67.1 Å². The van der Waals surface area contributed by atoms with E-state index in [1.165, 1.54) is 0 Å². The molecule has 2 aliphatic rings. The van der Waals surface area contributed by atoms with Crippen molar-refractivity contribution >= 4 is 33.9 Å². The summed E-state index contributed by atoms with van der Waals surface area (Å²) in [5.74, 6) is 0.746. The number of carbonyl (C=O) groups excluding carboxylic acids is 2. The van der Waals surface area contributed by atoms with Gasteiger partial charge in [-0.1, -0.05) is 80.6 Å². The Labute approximate surface area is 358 Å². The number of aliphatic hydroxyl groups excluding tert-OH is 2. The number of benzene rings is 4. The highest BCUT2D eigenvalue weighted by molar-refractivity contribution is 5.95. The highest BCUT2D eigenvalue weighted by Gasteiger charge is 2.37. The maximum atomic E-state index is 12.8. The molecule has 8 aromatic rings. The van der Waals surface area contributed by atoms with Gasteiger partial charge >= 0.3 is 0 Å². The lowest BCUT2D eigenvalue weighted by molar-refractivity contribution is 0.0581. The second-order valence-corrected chi connectivity index (χ2v) is 15.2. The smallest absolute Gasteiger partial charge is 0.289 e. The van der Waals surface area contributed by atoms with Crippen LogP contribution in [0.3, 0.4) is 0 Å². The fourth-order valence-corrected chi connectivity index (χ4v) is 7.65. The topological polar surface area (TPSA) is 190 Å². The van der Waals surface area contributed by atoms with Crippen LogP contribution in [0.25, 0.3) is 44.6 Å². The largest absolute Gasteiger partial charge is 0.389 e. The zero-order valence-corrected chi connectivity index (χ0v) is 35.0. The summed E-state index contributed by atoms with van der Waals surface area (Å²) in [5, 5.41) is 19.6. The lowest BCUT2D eigenvalue weighted by Crippen LogP contribution is -2.49. The maximum Gasteiger partial charge on any atom is 0.289 e. The predicted molar refractivity (Wildman–Crippen MR) is 237 cm³/mol. The third kappa shape index (κ3) is 8.55. The second-order valence-electron chi connectivity index (χ2n) is 15.2. The summed E-state index contributed by atoms with van der Waals surface area (Å²) in [7, 11) is 0. The summed E-state index contributed by atoms with van der Waals surface area (Å²) in [6.45, 7) is 9.77. The van der Waals surface area contributed by atoms with E-state index in [0.29, 0.717) is 37.8 Å². The summed E-state index contributed by atoms with van der Waals surface area (Å²) < 4.78 is 0. The van der Waals surface area contributed by atoms with Crippen molar-refractivity contribution in [2.75, 3.05) is 26.2 Å². The average molecular weight is 829 g/mol. The molecule has 0 bridgehead atoms. The minimum absolute atomic E-state index is 0.103. The fraction of sp³-hybridized carbons (Fsp3) is 0.250. The van der Waals surface area contributed by atoms with Crippen molar-refractivity contribution in [2.24, 2.45) is 0 Å². The van der Waals surface area contributed by atoms with Gasteiger partial charge in [0.15, 0.2) is 11.6 Å². The molecule has 2 saturated heterocycles. The lowest BCUT2D eigenvalue weighted by Gasteiger charge is -2.38. The number of para-hydroxylation sites is 4. The molecule has 2 aliphatic heterocycles. The van der Waals surface area contributed by atoms with Gasteiger partial charge in [-0.3, -0.25) is 29.5 Å². The van der Waals surface area contributed by atoms with Crippen LogP contribution in [-0.4, -0.2) is 97.9 Å². The number of imidazole rings is 2. The molecule has 4 aromatic heterocycles. The maximum absolute atomic E-state index is 12.8. The number of rotatable bonds is 8. The molecule has 2 amide bonds. The highest BCUT2D eigenvalue weighted by Crippen LogP contribution is 2.35. The number of likely N-dealkylation sites (tertiary alicyclic amines) is 2. The Balaban J connectivity index is 0.000000164. The minimum atomic E-state index is -0.550. The molecular formula is C48H48N10O4. The third-order valence-electron chi connectivity index (χ3n) is 11.1. The summed E-state index contributed by atoms with van der Waals surface area (Å²) in [4.78, 5) is 62.4. The summed E-state index contributed by atoms with van der Waals surface area (Å²) >= 11 is 0.